The van der Waals surface area contributed by atoms with E-state index in [-0.39, 0.29) is 17.7 Å². The Labute approximate surface area is 156 Å². The summed E-state index contributed by atoms with van der Waals surface area (Å²) in [6, 6.07) is 0. The van der Waals surface area contributed by atoms with E-state index in [2.05, 4.69) is 15.4 Å². The van der Waals surface area contributed by atoms with Crippen LogP contribution in [-0.4, -0.2) is 57.7 Å². The van der Waals surface area contributed by atoms with Crippen molar-refractivity contribution >= 4 is 23.2 Å². The molecule has 2 amide bonds. The first-order valence-corrected chi connectivity index (χ1v) is 9.54. The average molecular weight is 376 g/mol. The van der Waals surface area contributed by atoms with Gasteiger partial charge in [-0.2, -0.15) is 5.10 Å². The molecule has 1 saturated heterocycles. The first kappa shape index (κ1) is 18.5. The minimum Gasteiger partial charge on any atom is -0.355 e. The highest BCUT2D eigenvalue weighted by molar-refractivity contribution is 7.17. The number of nitrogens with zero attached hydrogens (tertiary/aromatic N) is 4. The number of thiazole rings is 1. The van der Waals surface area contributed by atoms with E-state index in [0.29, 0.717) is 36.8 Å². The van der Waals surface area contributed by atoms with Crippen LogP contribution in [0.15, 0.2) is 12.4 Å². The van der Waals surface area contributed by atoms with Gasteiger partial charge in [-0.3, -0.25) is 14.3 Å². The molecule has 0 bridgehead atoms. The van der Waals surface area contributed by atoms with E-state index in [1.54, 1.807) is 15.8 Å². The smallest absolute Gasteiger partial charge is 0.265 e. The number of amides is 2. The van der Waals surface area contributed by atoms with E-state index < -0.39 is 0 Å². The van der Waals surface area contributed by atoms with Crippen LogP contribution in [0.5, 0.6) is 0 Å². The summed E-state index contributed by atoms with van der Waals surface area (Å²) >= 11 is 1.38. The van der Waals surface area contributed by atoms with Crippen molar-refractivity contribution in [3.05, 3.63) is 23.0 Å². The van der Waals surface area contributed by atoms with Crippen LogP contribution in [0.2, 0.25) is 0 Å². The molecule has 3 N–H and O–H groups in total. The molecule has 26 heavy (non-hydrogen) atoms. The van der Waals surface area contributed by atoms with Crippen LogP contribution in [0, 0.1) is 12.8 Å². The maximum absolute atomic E-state index is 13.0. The van der Waals surface area contributed by atoms with Gasteiger partial charge in [0.15, 0.2) is 0 Å². The highest BCUT2D eigenvalue weighted by atomic mass is 32.1. The second kappa shape index (κ2) is 7.96. The molecular weight excluding hydrogens is 352 g/mol. The van der Waals surface area contributed by atoms with Crippen molar-refractivity contribution in [3.63, 3.8) is 0 Å². The number of carbonyl (C=O) groups excluding carboxylic acids is 2. The minimum absolute atomic E-state index is 0.0231. The molecule has 0 radical (unpaired) electrons. The Morgan fingerprint density at radius 2 is 2.27 bits per heavy atom. The van der Waals surface area contributed by atoms with Crippen molar-refractivity contribution in [1.82, 2.24) is 25.0 Å². The minimum atomic E-state index is -0.176. The summed E-state index contributed by atoms with van der Waals surface area (Å²) < 4.78 is 1.71. The number of carbonyl (C=O) groups is 2. The summed E-state index contributed by atoms with van der Waals surface area (Å²) in [6.45, 7) is 3.83. The fourth-order valence-corrected chi connectivity index (χ4v) is 4.12. The van der Waals surface area contributed by atoms with Gasteiger partial charge in [-0.15, -0.1) is 11.3 Å². The Morgan fingerprint density at radius 1 is 1.46 bits per heavy atom. The van der Waals surface area contributed by atoms with Gasteiger partial charge in [-0.05, 0) is 19.8 Å². The van der Waals surface area contributed by atoms with Crippen molar-refractivity contribution in [2.24, 2.45) is 18.7 Å². The van der Waals surface area contributed by atoms with E-state index in [9.17, 15) is 9.59 Å². The highest BCUT2D eigenvalue weighted by Crippen LogP contribution is 2.29. The second-order valence-corrected chi connectivity index (χ2v) is 7.51. The molecule has 0 saturated carbocycles. The Morgan fingerprint density at radius 3 is 2.96 bits per heavy atom. The predicted molar refractivity (Wildman–Crippen MR) is 99.7 cm³/mol. The van der Waals surface area contributed by atoms with E-state index in [4.69, 9.17) is 5.73 Å². The summed E-state index contributed by atoms with van der Waals surface area (Å²) in [5.74, 6) is -0.248. The van der Waals surface area contributed by atoms with Gasteiger partial charge in [-0.1, -0.05) is 0 Å². The van der Waals surface area contributed by atoms with Crippen molar-refractivity contribution in [3.8, 4) is 10.6 Å². The largest absolute Gasteiger partial charge is 0.355 e. The maximum atomic E-state index is 13.0. The Kier molecular flexibility index (Phi) is 5.67. The number of nitrogens with one attached hydrogen (secondary N) is 1. The fraction of sp³-hybridized carbons (Fsp3) is 0.529. The first-order chi connectivity index (χ1) is 12.5. The number of piperidine rings is 1. The molecule has 9 heteroatoms. The van der Waals surface area contributed by atoms with Crippen LogP contribution in [0.1, 0.15) is 28.2 Å². The van der Waals surface area contributed by atoms with Crippen molar-refractivity contribution in [1.29, 1.82) is 0 Å². The lowest BCUT2D eigenvalue weighted by molar-refractivity contribution is -0.126. The van der Waals surface area contributed by atoms with Gasteiger partial charge in [0.25, 0.3) is 5.91 Å². The van der Waals surface area contributed by atoms with Crippen LogP contribution < -0.4 is 11.1 Å². The normalized spacial score (nSPS) is 17.3. The number of aryl methyl sites for hydroxylation is 2. The lowest BCUT2D eigenvalue weighted by atomic mass is 9.97. The number of hydrogen-bond acceptors (Lipinski definition) is 6. The molecule has 140 valence electrons. The maximum Gasteiger partial charge on any atom is 0.265 e. The molecule has 0 spiro atoms. The Hall–Kier alpha value is -2.26. The Balaban J connectivity index is 1.72. The third-order valence-electron chi connectivity index (χ3n) is 4.47. The molecular formula is C17H24N6O2S. The van der Waals surface area contributed by atoms with Gasteiger partial charge in [0.1, 0.15) is 9.88 Å². The van der Waals surface area contributed by atoms with E-state index in [0.717, 1.165) is 23.4 Å². The van der Waals surface area contributed by atoms with E-state index in [1.807, 2.05) is 20.2 Å². The fourth-order valence-electron chi connectivity index (χ4n) is 3.11. The van der Waals surface area contributed by atoms with Gasteiger partial charge < -0.3 is 16.0 Å². The lowest BCUT2D eigenvalue weighted by Crippen LogP contribution is -2.46. The number of likely N-dealkylation sites (tertiary alicyclic amines) is 1. The molecule has 1 aliphatic rings. The zero-order valence-electron chi connectivity index (χ0n) is 15.1. The van der Waals surface area contributed by atoms with Crippen LogP contribution in [0.25, 0.3) is 10.6 Å². The number of hydrogen-bond donors (Lipinski definition) is 2. The van der Waals surface area contributed by atoms with Crippen LogP contribution in [-0.2, 0) is 11.8 Å². The number of rotatable bonds is 5. The molecule has 0 aliphatic carbocycles. The van der Waals surface area contributed by atoms with Crippen molar-refractivity contribution in [2.45, 2.75) is 19.8 Å². The summed E-state index contributed by atoms with van der Waals surface area (Å²) in [5.41, 5.74) is 7.05. The van der Waals surface area contributed by atoms with Gasteiger partial charge in [-0.25, -0.2) is 4.98 Å². The predicted octanol–water partition coefficient (Wildman–Crippen LogP) is 0.779. The molecule has 1 aliphatic heterocycles. The second-order valence-electron chi connectivity index (χ2n) is 6.51. The topological polar surface area (TPSA) is 106 Å². The molecule has 2 aromatic rings. The van der Waals surface area contributed by atoms with Crippen LogP contribution >= 0.6 is 11.3 Å². The number of nitrogens with two attached hydrogens (primary N) is 1. The van der Waals surface area contributed by atoms with Gasteiger partial charge in [0.2, 0.25) is 5.91 Å². The summed E-state index contributed by atoms with van der Waals surface area (Å²) in [5, 5.41) is 7.76. The average Bonchev–Trinajstić information content (AvgIpc) is 3.24. The molecule has 2 aromatic heterocycles. The van der Waals surface area contributed by atoms with E-state index >= 15 is 0 Å². The molecule has 8 nitrogen and oxygen atoms in total. The van der Waals surface area contributed by atoms with Gasteiger partial charge in [0.05, 0.1) is 17.8 Å². The third-order valence-corrected chi connectivity index (χ3v) is 5.66. The zero-order valence-corrected chi connectivity index (χ0v) is 15.9. The molecule has 3 heterocycles. The number of aromatic nitrogens is 3. The van der Waals surface area contributed by atoms with Crippen LogP contribution in [0.3, 0.4) is 0 Å². The van der Waals surface area contributed by atoms with E-state index in [1.165, 1.54) is 11.3 Å². The summed E-state index contributed by atoms with van der Waals surface area (Å²) in [7, 11) is 1.85. The van der Waals surface area contributed by atoms with Gasteiger partial charge >= 0.3 is 0 Å². The van der Waals surface area contributed by atoms with Crippen molar-refractivity contribution in [2.75, 3.05) is 26.2 Å². The van der Waals surface area contributed by atoms with Crippen LogP contribution in [0.4, 0.5) is 0 Å². The first-order valence-electron chi connectivity index (χ1n) is 8.73. The zero-order chi connectivity index (χ0) is 18.7. The molecule has 3 rings (SSSR count). The summed E-state index contributed by atoms with van der Waals surface area (Å²) in [6.07, 6.45) is 5.24. The standard InChI is InChI=1S/C17H24N6O2S/c1-11-14(26-16(21-11)13-8-20-22(2)9-13)17(25)23-7-3-4-12(10-23)15(24)19-6-5-18/h8-9,12H,3-7,10,18H2,1-2H3,(H,19,24). The Bertz CT molecular complexity index is 799. The van der Waals surface area contributed by atoms with Gasteiger partial charge in [0, 0.05) is 45.0 Å². The highest BCUT2D eigenvalue weighted by Gasteiger charge is 2.30. The molecule has 1 fully saturated rings. The molecule has 1 atom stereocenters. The molecule has 0 aromatic carbocycles. The lowest BCUT2D eigenvalue weighted by Gasteiger charge is -2.31. The SMILES string of the molecule is Cc1nc(-c2cnn(C)c2)sc1C(=O)N1CCCC(C(=O)NCCN)C1. The monoisotopic (exact) mass is 376 g/mol. The quantitative estimate of drug-likeness (QED) is 0.802. The molecule has 1 unspecified atom stereocenters. The van der Waals surface area contributed by atoms with Crippen molar-refractivity contribution < 1.29 is 9.59 Å². The third kappa shape index (κ3) is 3.94. The summed E-state index contributed by atoms with van der Waals surface area (Å²) in [4.78, 5) is 32.1.